The molecule has 0 saturated carbocycles. The first-order valence-electron chi connectivity index (χ1n) is 4.90. The van der Waals surface area contributed by atoms with E-state index in [1.54, 1.807) is 0 Å². The zero-order chi connectivity index (χ0) is 10.3. The number of nitrogens with zero attached hydrogens (tertiary/aromatic N) is 2. The molecule has 76 valence electrons. The van der Waals surface area contributed by atoms with Gasteiger partial charge < -0.3 is 10.1 Å². The van der Waals surface area contributed by atoms with Gasteiger partial charge in [-0.3, -0.25) is 0 Å². The average molecular weight is 207 g/mol. The molecule has 1 aromatic rings. The Hall–Kier alpha value is -1.00. The van der Waals surface area contributed by atoms with E-state index in [0.717, 1.165) is 0 Å². The summed E-state index contributed by atoms with van der Waals surface area (Å²) < 4.78 is 2.39. The lowest BCUT2D eigenvalue weighted by molar-refractivity contribution is 0.444. The number of hydrogen-bond donors (Lipinski definition) is 1. The molecule has 0 radical (unpaired) electrons. The van der Waals surface area contributed by atoms with Crippen LogP contribution in [0, 0.1) is 0 Å². The minimum absolute atomic E-state index is 1.21. The molecule has 0 bridgehead atoms. The van der Waals surface area contributed by atoms with Crippen LogP contribution in [-0.4, -0.2) is 20.4 Å². The molecule has 3 nitrogen and oxygen atoms in total. The fourth-order valence-electron chi connectivity index (χ4n) is 1.95. The van der Waals surface area contributed by atoms with E-state index < -0.39 is 8.24 Å². The minimum atomic E-state index is -1.34. The highest BCUT2D eigenvalue weighted by molar-refractivity contribution is 6.79. The molecule has 4 heteroatoms. The molecule has 0 amide bonds. The highest BCUT2D eigenvalue weighted by Gasteiger charge is 2.33. The molecule has 0 aromatic heterocycles. The number of anilines is 2. The summed E-state index contributed by atoms with van der Waals surface area (Å²) in [5, 5.41) is 2.09. The number of para-hydroxylation sites is 2. The maximum absolute atomic E-state index is 3.35. The standard InChI is InChI=1S/C10H17N3Si/c1-12-11-9-7-5-6-8-10(9)13(12)14(2,3)4/h5-8,11H,1-4H3. The van der Waals surface area contributed by atoms with E-state index in [1.165, 1.54) is 11.4 Å². The van der Waals surface area contributed by atoms with Gasteiger partial charge in [0.1, 0.15) is 0 Å². The fraction of sp³-hybridized carbons (Fsp3) is 0.400. The van der Waals surface area contributed by atoms with Gasteiger partial charge in [-0.05, 0) is 12.1 Å². The van der Waals surface area contributed by atoms with Crippen molar-refractivity contribution >= 4 is 19.6 Å². The first-order chi connectivity index (χ1) is 6.50. The minimum Gasteiger partial charge on any atom is -0.315 e. The van der Waals surface area contributed by atoms with Gasteiger partial charge in [-0.25, -0.2) is 0 Å². The van der Waals surface area contributed by atoms with Crippen LogP contribution in [0.3, 0.4) is 0 Å². The predicted octanol–water partition coefficient (Wildman–Crippen LogP) is 2.52. The summed E-state index contributed by atoms with van der Waals surface area (Å²) in [6.45, 7) is 7.02. The van der Waals surface area contributed by atoms with Crippen molar-refractivity contribution in [2.75, 3.05) is 17.1 Å². The van der Waals surface area contributed by atoms with E-state index in [4.69, 9.17) is 0 Å². The normalized spacial score (nSPS) is 16.7. The summed E-state index contributed by atoms with van der Waals surface area (Å²) >= 11 is 0. The lowest BCUT2D eigenvalue weighted by Gasteiger charge is -2.36. The fourth-order valence-corrected chi connectivity index (χ4v) is 3.82. The molecule has 1 aliphatic rings. The van der Waals surface area contributed by atoms with Crippen LogP contribution in [0.4, 0.5) is 11.4 Å². The third-order valence-electron chi connectivity index (χ3n) is 2.35. The summed E-state index contributed by atoms with van der Waals surface area (Å²) in [7, 11) is 0.726. The highest BCUT2D eigenvalue weighted by Crippen LogP contribution is 2.35. The molecule has 0 atom stereocenters. The molecule has 1 aliphatic heterocycles. The van der Waals surface area contributed by atoms with E-state index in [1.807, 2.05) is 0 Å². The topological polar surface area (TPSA) is 18.5 Å². The molecule has 0 fully saturated rings. The van der Waals surface area contributed by atoms with Gasteiger partial charge in [-0.15, -0.1) is 5.12 Å². The Balaban J connectivity index is 2.45. The van der Waals surface area contributed by atoms with Gasteiger partial charge in [0.05, 0.1) is 11.4 Å². The average Bonchev–Trinajstić information content (AvgIpc) is 2.38. The van der Waals surface area contributed by atoms with Gasteiger partial charge in [0.15, 0.2) is 8.24 Å². The monoisotopic (exact) mass is 207 g/mol. The van der Waals surface area contributed by atoms with E-state index in [9.17, 15) is 0 Å². The Morgan fingerprint density at radius 3 is 2.43 bits per heavy atom. The highest BCUT2D eigenvalue weighted by atomic mass is 28.3. The SMILES string of the molecule is CN1Nc2ccccc2N1[Si](C)(C)C. The molecule has 1 aromatic carbocycles. The third-order valence-corrected chi connectivity index (χ3v) is 4.16. The molecule has 0 spiro atoms. The van der Waals surface area contributed by atoms with Gasteiger partial charge in [0, 0.05) is 7.05 Å². The quantitative estimate of drug-likeness (QED) is 0.714. The molecule has 0 unspecified atom stereocenters. The molecular formula is C10H17N3Si. The van der Waals surface area contributed by atoms with Crippen molar-refractivity contribution in [1.82, 2.24) is 5.12 Å². The van der Waals surface area contributed by atoms with Crippen LogP contribution in [0.1, 0.15) is 0 Å². The zero-order valence-electron chi connectivity index (χ0n) is 9.20. The molecule has 1 N–H and O–H groups in total. The second kappa shape index (κ2) is 3.00. The molecule has 2 rings (SSSR count). The molecule has 14 heavy (non-hydrogen) atoms. The second-order valence-electron chi connectivity index (χ2n) is 4.64. The predicted molar refractivity (Wildman–Crippen MR) is 63.7 cm³/mol. The molecule has 0 saturated heterocycles. The van der Waals surface area contributed by atoms with Crippen LogP contribution >= 0.6 is 0 Å². The van der Waals surface area contributed by atoms with Gasteiger partial charge in [-0.1, -0.05) is 31.8 Å². The van der Waals surface area contributed by atoms with Crippen molar-refractivity contribution in [1.29, 1.82) is 0 Å². The van der Waals surface area contributed by atoms with Crippen molar-refractivity contribution in [2.45, 2.75) is 19.6 Å². The summed E-state index contributed by atoms with van der Waals surface area (Å²) in [4.78, 5) is 0. The second-order valence-corrected chi connectivity index (χ2v) is 9.40. The smallest absolute Gasteiger partial charge is 0.169 e. The Bertz CT molecular complexity index is 345. The molecule has 1 heterocycles. The van der Waals surface area contributed by atoms with Crippen LogP contribution in [0.5, 0.6) is 0 Å². The van der Waals surface area contributed by atoms with Crippen molar-refractivity contribution < 1.29 is 0 Å². The van der Waals surface area contributed by atoms with Crippen molar-refractivity contribution in [3.05, 3.63) is 24.3 Å². The Labute approximate surface area is 86.4 Å². The van der Waals surface area contributed by atoms with Crippen molar-refractivity contribution in [3.63, 3.8) is 0 Å². The Kier molecular flexibility index (Phi) is 2.04. The lowest BCUT2D eigenvalue weighted by atomic mass is 10.3. The number of fused-ring (bicyclic) bond motifs is 1. The summed E-state index contributed by atoms with van der Waals surface area (Å²) in [6.07, 6.45) is 0. The number of hydrogen-bond acceptors (Lipinski definition) is 3. The third kappa shape index (κ3) is 1.40. The molecular weight excluding hydrogens is 190 g/mol. The van der Waals surface area contributed by atoms with E-state index in [2.05, 4.69) is 66.2 Å². The Morgan fingerprint density at radius 2 is 1.79 bits per heavy atom. The van der Waals surface area contributed by atoms with E-state index in [-0.39, 0.29) is 0 Å². The number of benzene rings is 1. The first-order valence-corrected chi connectivity index (χ1v) is 8.34. The Morgan fingerprint density at radius 1 is 1.14 bits per heavy atom. The van der Waals surface area contributed by atoms with Crippen LogP contribution in [0.25, 0.3) is 0 Å². The summed E-state index contributed by atoms with van der Waals surface area (Å²) in [6, 6.07) is 8.44. The lowest BCUT2D eigenvalue weighted by Crippen LogP contribution is -2.53. The maximum Gasteiger partial charge on any atom is 0.169 e. The largest absolute Gasteiger partial charge is 0.315 e. The number of nitrogens with one attached hydrogen (secondary N) is 1. The van der Waals surface area contributed by atoms with Gasteiger partial charge in [-0.2, -0.15) is 0 Å². The van der Waals surface area contributed by atoms with Crippen molar-refractivity contribution in [3.8, 4) is 0 Å². The van der Waals surface area contributed by atoms with Crippen LogP contribution in [-0.2, 0) is 0 Å². The first kappa shape index (κ1) is 9.55. The van der Waals surface area contributed by atoms with Crippen molar-refractivity contribution in [2.24, 2.45) is 0 Å². The van der Waals surface area contributed by atoms with Crippen LogP contribution < -0.4 is 10.1 Å². The maximum atomic E-state index is 3.35. The molecule has 0 aliphatic carbocycles. The van der Waals surface area contributed by atoms with Crippen LogP contribution in [0.2, 0.25) is 19.6 Å². The van der Waals surface area contributed by atoms with Gasteiger partial charge in [0.25, 0.3) is 0 Å². The summed E-state index contributed by atoms with van der Waals surface area (Å²) in [5.74, 6) is 0. The number of hydrazine groups is 2. The van der Waals surface area contributed by atoms with Gasteiger partial charge in [0.2, 0.25) is 0 Å². The summed E-state index contributed by atoms with van der Waals surface area (Å²) in [5.41, 5.74) is 5.85. The number of rotatable bonds is 1. The van der Waals surface area contributed by atoms with Gasteiger partial charge >= 0.3 is 0 Å². The van der Waals surface area contributed by atoms with Crippen LogP contribution in [0.15, 0.2) is 24.3 Å². The van der Waals surface area contributed by atoms with E-state index in [0.29, 0.717) is 0 Å². The zero-order valence-corrected chi connectivity index (χ0v) is 10.2. The van der Waals surface area contributed by atoms with E-state index >= 15 is 0 Å².